The molecule has 1 aromatic rings. The standard InChI is InChI=1S/C17H23ClN2O3/c1-17(2)13(14(17)16(22)23)15(21)19-9-12(20(3)4)10-6-5-7-11(18)8-10/h5-8,12-14H,9H2,1-4H3,(H,19,21)(H,22,23)/t12-,13+,14+/m1/s1. The Hall–Kier alpha value is -1.59. The fourth-order valence-electron chi connectivity index (χ4n) is 3.21. The Kier molecular flexibility index (Phi) is 5.01. The summed E-state index contributed by atoms with van der Waals surface area (Å²) in [6, 6.07) is 7.49. The average Bonchev–Trinajstić information content (AvgIpc) is 3.01. The Balaban J connectivity index is 2.03. The highest BCUT2D eigenvalue weighted by molar-refractivity contribution is 6.30. The van der Waals surface area contributed by atoms with Crippen molar-refractivity contribution < 1.29 is 14.7 Å². The van der Waals surface area contributed by atoms with Crippen LogP contribution in [0.4, 0.5) is 0 Å². The lowest BCUT2D eigenvalue weighted by atomic mass is 10.1. The van der Waals surface area contributed by atoms with Gasteiger partial charge >= 0.3 is 5.97 Å². The predicted molar refractivity (Wildman–Crippen MR) is 89.3 cm³/mol. The molecule has 0 saturated heterocycles. The first-order chi connectivity index (χ1) is 10.7. The minimum Gasteiger partial charge on any atom is -0.481 e. The number of nitrogens with zero attached hydrogens (tertiary/aromatic N) is 1. The van der Waals surface area contributed by atoms with Crippen molar-refractivity contribution in [2.75, 3.05) is 20.6 Å². The van der Waals surface area contributed by atoms with E-state index >= 15 is 0 Å². The number of carbonyl (C=O) groups excluding carboxylic acids is 1. The topological polar surface area (TPSA) is 69.6 Å². The van der Waals surface area contributed by atoms with Crippen LogP contribution >= 0.6 is 11.6 Å². The summed E-state index contributed by atoms with van der Waals surface area (Å²) in [7, 11) is 3.86. The number of rotatable bonds is 6. The van der Waals surface area contributed by atoms with Crippen molar-refractivity contribution in [2.24, 2.45) is 17.3 Å². The molecule has 0 radical (unpaired) electrons. The zero-order valence-electron chi connectivity index (χ0n) is 13.8. The van der Waals surface area contributed by atoms with Crippen molar-refractivity contribution in [3.8, 4) is 0 Å². The molecule has 0 unspecified atom stereocenters. The second kappa shape index (κ2) is 6.49. The van der Waals surface area contributed by atoms with Gasteiger partial charge in [0.25, 0.3) is 0 Å². The Morgan fingerprint density at radius 1 is 1.35 bits per heavy atom. The summed E-state index contributed by atoms with van der Waals surface area (Å²) in [4.78, 5) is 25.5. The smallest absolute Gasteiger partial charge is 0.307 e. The van der Waals surface area contributed by atoms with Crippen LogP contribution < -0.4 is 5.32 Å². The van der Waals surface area contributed by atoms with Gasteiger partial charge in [-0.05, 0) is 37.2 Å². The Bertz CT molecular complexity index is 616. The van der Waals surface area contributed by atoms with Gasteiger partial charge in [0, 0.05) is 11.6 Å². The van der Waals surface area contributed by atoms with Crippen molar-refractivity contribution in [1.29, 1.82) is 0 Å². The van der Waals surface area contributed by atoms with Gasteiger partial charge in [-0.2, -0.15) is 0 Å². The van der Waals surface area contributed by atoms with Crippen molar-refractivity contribution in [3.05, 3.63) is 34.9 Å². The number of carbonyl (C=O) groups is 2. The van der Waals surface area contributed by atoms with Crippen LogP contribution in [-0.4, -0.2) is 42.5 Å². The number of likely N-dealkylation sites (N-methyl/N-ethyl adjacent to an activating group) is 1. The molecule has 0 bridgehead atoms. The van der Waals surface area contributed by atoms with Gasteiger partial charge in [0.1, 0.15) is 0 Å². The van der Waals surface area contributed by atoms with Gasteiger partial charge in [-0.25, -0.2) is 0 Å². The highest BCUT2D eigenvalue weighted by atomic mass is 35.5. The van der Waals surface area contributed by atoms with Gasteiger partial charge in [0.05, 0.1) is 17.9 Å². The van der Waals surface area contributed by atoms with Crippen LogP contribution in [0.2, 0.25) is 5.02 Å². The summed E-state index contributed by atoms with van der Waals surface area (Å²) in [6.07, 6.45) is 0. The van der Waals surface area contributed by atoms with E-state index in [0.717, 1.165) is 5.56 Å². The first-order valence-electron chi connectivity index (χ1n) is 7.58. The van der Waals surface area contributed by atoms with E-state index in [1.54, 1.807) is 6.07 Å². The molecule has 1 aromatic carbocycles. The highest BCUT2D eigenvalue weighted by Crippen LogP contribution is 2.58. The number of hydrogen-bond acceptors (Lipinski definition) is 3. The maximum Gasteiger partial charge on any atom is 0.307 e. The van der Waals surface area contributed by atoms with Crippen LogP contribution in [0.1, 0.15) is 25.5 Å². The molecule has 126 valence electrons. The molecule has 1 saturated carbocycles. The van der Waals surface area contributed by atoms with Gasteiger partial charge < -0.3 is 15.3 Å². The predicted octanol–water partition coefficient (Wildman–Crippen LogP) is 2.42. The summed E-state index contributed by atoms with van der Waals surface area (Å²) in [5.74, 6) is -2.18. The van der Waals surface area contributed by atoms with E-state index in [0.29, 0.717) is 11.6 Å². The summed E-state index contributed by atoms with van der Waals surface area (Å²) >= 11 is 6.04. The van der Waals surface area contributed by atoms with E-state index < -0.39 is 23.2 Å². The average molecular weight is 339 g/mol. The van der Waals surface area contributed by atoms with Crippen molar-refractivity contribution in [2.45, 2.75) is 19.9 Å². The van der Waals surface area contributed by atoms with E-state index in [9.17, 15) is 14.7 Å². The molecule has 1 amide bonds. The number of halogens is 1. The van der Waals surface area contributed by atoms with E-state index in [1.807, 2.05) is 51.0 Å². The SMILES string of the molecule is CN(C)[C@H](CNC(=O)[C@@H]1[C@@H](C(=O)O)C1(C)C)c1cccc(Cl)c1. The fraction of sp³-hybridized carbons (Fsp3) is 0.529. The zero-order chi connectivity index (χ0) is 17.4. The summed E-state index contributed by atoms with van der Waals surface area (Å²) in [5, 5.41) is 12.7. The molecule has 23 heavy (non-hydrogen) atoms. The third-order valence-electron chi connectivity index (χ3n) is 4.70. The molecular formula is C17H23ClN2O3. The third-order valence-corrected chi connectivity index (χ3v) is 4.94. The van der Waals surface area contributed by atoms with E-state index in [1.165, 1.54) is 0 Å². The number of carboxylic acids is 1. The molecule has 0 spiro atoms. The van der Waals surface area contributed by atoms with Gasteiger partial charge in [-0.1, -0.05) is 37.6 Å². The van der Waals surface area contributed by atoms with Gasteiger partial charge in [0.15, 0.2) is 0 Å². The monoisotopic (exact) mass is 338 g/mol. The Labute approximate surface area is 141 Å². The molecule has 0 heterocycles. The van der Waals surface area contributed by atoms with Crippen LogP contribution in [0.25, 0.3) is 0 Å². The number of hydrogen-bond donors (Lipinski definition) is 2. The summed E-state index contributed by atoms with van der Waals surface area (Å²) in [6.45, 7) is 4.04. The number of aliphatic carboxylic acids is 1. The molecular weight excluding hydrogens is 316 g/mol. The molecule has 0 aliphatic heterocycles. The number of carboxylic acid groups (broad SMARTS) is 1. The number of nitrogens with one attached hydrogen (secondary N) is 1. The summed E-state index contributed by atoms with van der Waals surface area (Å²) in [5.41, 5.74) is 0.521. The second-order valence-electron chi connectivity index (χ2n) is 6.89. The quantitative estimate of drug-likeness (QED) is 0.835. The summed E-state index contributed by atoms with van der Waals surface area (Å²) < 4.78 is 0. The van der Waals surface area contributed by atoms with Gasteiger partial charge in [0.2, 0.25) is 5.91 Å². The van der Waals surface area contributed by atoms with Gasteiger partial charge in [-0.15, -0.1) is 0 Å². The fourth-order valence-corrected chi connectivity index (χ4v) is 3.41. The first-order valence-corrected chi connectivity index (χ1v) is 7.96. The van der Waals surface area contributed by atoms with Crippen LogP contribution in [-0.2, 0) is 9.59 Å². The molecule has 0 aromatic heterocycles. The molecule has 1 aliphatic carbocycles. The minimum atomic E-state index is -0.908. The van der Waals surface area contributed by atoms with Crippen LogP contribution in [0.5, 0.6) is 0 Å². The normalized spacial score (nSPS) is 23.4. The molecule has 2 rings (SSSR count). The molecule has 1 fully saturated rings. The molecule has 5 nitrogen and oxygen atoms in total. The van der Waals surface area contributed by atoms with Crippen LogP contribution in [0.3, 0.4) is 0 Å². The first kappa shape index (κ1) is 17.8. The van der Waals surface area contributed by atoms with Crippen molar-refractivity contribution >= 4 is 23.5 Å². The van der Waals surface area contributed by atoms with E-state index in [4.69, 9.17) is 11.6 Å². The Morgan fingerprint density at radius 3 is 2.48 bits per heavy atom. The Morgan fingerprint density at radius 2 is 2.00 bits per heavy atom. The maximum absolute atomic E-state index is 12.3. The minimum absolute atomic E-state index is 0.0252. The van der Waals surface area contributed by atoms with Crippen molar-refractivity contribution in [3.63, 3.8) is 0 Å². The zero-order valence-corrected chi connectivity index (χ0v) is 14.6. The molecule has 6 heteroatoms. The highest BCUT2D eigenvalue weighted by Gasteiger charge is 2.65. The van der Waals surface area contributed by atoms with Crippen LogP contribution in [0.15, 0.2) is 24.3 Å². The van der Waals surface area contributed by atoms with Gasteiger partial charge in [-0.3, -0.25) is 9.59 Å². The molecule has 3 atom stereocenters. The number of amides is 1. The van der Waals surface area contributed by atoms with Crippen molar-refractivity contribution in [1.82, 2.24) is 10.2 Å². The largest absolute Gasteiger partial charge is 0.481 e. The maximum atomic E-state index is 12.3. The lowest BCUT2D eigenvalue weighted by molar-refractivity contribution is -0.140. The molecule has 2 N–H and O–H groups in total. The lowest BCUT2D eigenvalue weighted by Gasteiger charge is -2.25. The van der Waals surface area contributed by atoms with Crippen LogP contribution in [0, 0.1) is 17.3 Å². The third kappa shape index (κ3) is 3.67. The lowest BCUT2D eigenvalue weighted by Crippen LogP contribution is -2.36. The van der Waals surface area contributed by atoms with E-state index in [-0.39, 0.29) is 11.9 Å². The number of benzene rings is 1. The second-order valence-corrected chi connectivity index (χ2v) is 7.33. The molecule has 1 aliphatic rings. The van der Waals surface area contributed by atoms with E-state index in [2.05, 4.69) is 5.32 Å².